The molecule has 3 aromatic heterocycles. The Morgan fingerprint density at radius 2 is 1.94 bits per heavy atom. The summed E-state index contributed by atoms with van der Waals surface area (Å²) in [4.78, 5) is 30.9. The average molecular weight is 414 g/mol. The first-order chi connectivity index (χ1) is 15.3. The first kappa shape index (κ1) is 18.9. The van der Waals surface area contributed by atoms with Crippen LogP contribution in [0.4, 0.5) is 0 Å². The summed E-state index contributed by atoms with van der Waals surface area (Å²) in [5, 5.41) is 3.99. The van der Waals surface area contributed by atoms with Gasteiger partial charge in [-0.2, -0.15) is 4.98 Å². The molecule has 1 aliphatic heterocycles. The van der Waals surface area contributed by atoms with E-state index in [1.165, 1.54) is 0 Å². The highest BCUT2D eigenvalue weighted by Gasteiger charge is 2.33. The topological polar surface area (TPSA) is 107 Å². The molecule has 1 fully saturated rings. The lowest BCUT2D eigenvalue weighted by molar-refractivity contribution is -0.139. The van der Waals surface area contributed by atoms with E-state index >= 15 is 0 Å². The number of benzene rings is 1. The van der Waals surface area contributed by atoms with Gasteiger partial charge in [-0.25, -0.2) is 4.98 Å². The largest absolute Gasteiger partial charge is 0.486 e. The summed E-state index contributed by atoms with van der Waals surface area (Å²) in [7, 11) is 0. The van der Waals surface area contributed by atoms with Crippen molar-refractivity contribution in [2.24, 2.45) is 0 Å². The summed E-state index contributed by atoms with van der Waals surface area (Å²) in [5.41, 5.74) is 2.11. The molecule has 1 amide bonds. The number of para-hydroxylation sites is 1. The number of rotatable bonds is 6. The van der Waals surface area contributed by atoms with E-state index in [1.54, 1.807) is 35.9 Å². The highest BCUT2D eigenvalue weighted by Crippen LogP contribution is 2.31. The molecule has 9 nitrogen and oxygen atoms in total. The van der Waals surface area contributed by atoms with Gasteiger partial charge in [0.05, 0.1) is 31.3 Å². The Bertz CT molecular complexity index is 1180. The van der Waals surface area contributed by atoms with E-state index in [0.29, 0.717) is 48.2 Å². The summed E-state index contributed by atoms with van der Waals surface area (Å²) < 4.78 is 11.5. The van der Waals surface area contributed by atoms with E-state index in [1.807, 2.05) is 36.4 Å². The third kappa shape index (κ3) is 4.11. The van der Waals surface area contributed by atoms with Gasteiger partial charge in [0.1, 0.15) is 17.5 Å². The average Bonchev–Trinajstić information content (AvgIpc) is 3.27. The molecule has 31 heavy (non-hydrogen) atoms. The van der Waals surface area contributed by atoms with Gasteiger partial charge in [-0.05, 0) is 23.8 Å². The predicted octanol–water partition coefficient (Wildman–Crippen LogP) is 2.42. The van der Waals surface area contributed by atoms with Crippen LogP contribution in [0.3, 0.4) is 0 Å². The first-order valence-corrected chi connectivity index (χ1v) is 9.79. The second kappa shape index (κ2) is 8.31. The van der Waals surface area contributed by atoms with Crippen molar-refractivity contribution in [3.63, 3.8) is 0 Å². The van der Waals surface area contributed by atoms with Gasteiger partial charge in [0.15, 0.2) is 0 Å². The zero-order chi connectivity index (χ0) is 21.0. The van der Waals surface area contributed by atoms with Gasteiger partial charge >= 0.3 is 0 Å². The van der Waals surface area contributed by atoms with Crippen molar-refractivity contribution >= 4 is 5.91 Å². The maximum absolute atomic E-state index is 12.4. The normalized spacial score (nSPS) is 13.6. The van der Waals surface area contributed by atoms with Crippen LogP contribution < -0.4 is 4.74 Å². The van der Waals surface area contributed by atoms with Gasteiger partial charge in [0.25, 0.3) is 5.89 Å². The minimum atomic E-state index is -0.0959. The number of carbonyl (C=O) groups excluding carboxylic acids is 1. The van der Waals surface area contributed by atoms with E-state index in [2.05, 4.69) is 25.1 Å². The number of nitrogens with zero attached hydrogens (tertiary/aromatic N) is 6. The molecule has 4 heterocycles. The highest BCUT2D eigenvalue weighted by molar-refractivity contribution is 5.79. The van der Waals surface area contributed by atoms with Crippen molar-refractivity contribution in [2.75, 3.05) is 13.1 Å². The SMILES string of the molecule is O=C(Cc1cccnc1)N1CC(Oc2ccccc2-c2nc(-c3cnccn3)no2)C1. The summed E-state index contributed by atoms with van der Waals surface area (Å²) >= 11 is 0. The number of amides is 1. The van der Waals surface area contributed by atoms with Crippen LogP contribution in [0.2, 0.25) is 0 Å². The molecule has 0 aliphatic carbocycles. The molecule has 0 radical (unpaired) electrons. The molecule has 1 aliphatic rings. The van der Waals surface area contributed by atoms with Crippen LogP contribution in [-0.2, 0) is 11.2 Å². The molecule has 0 spiro atoms. The minimum Gasteiger partial charge on any atom is -0.486 e. The fourth-order valence-electron chi connectivity index (χ4n) is 3.28. The van der Waals surface area contributed by atoms with Crippen LogP contribution >= 0.6 is 0 Å². The lowest BCUT2D eigenvalue weighted by Crippen LogP contribution is -2.56. The molecule has 0 atom stereocenters. The summed E-state index contributed by atoms with van der Waals surface area (Å²) in [6.07, 6.45) is 8.37. The van der Waals surface area contributed by atoms with Crippen LogP contribution in [0, 0.1) is 0 Å². The Morgan fingerprint density at radius 3 is 2.74 bits per heavy atom. The molecule has 0 unspecified atom stereocenters. The Morgan fingerprint density at radius 1 is 1.06 bits per heavy atom. The number of carbonyl (C=O) groups is 1. The van der Waals surface area contributed by atoms with Gasteiger partial charge in [0, 0.05) is 24.8 Å². The monoisotopic (exact) mass is 414 g/mol. The molecule has 5 rings (SSSR count). The van der Waals surface area contributed by atoms with Crippen molar-refractivity contribution in [3.8, 4) is 28.7 Å². The van der Waals surface area contributed by atoms with Gasteiger partial charge < -0.3 is 14.2 Å². The maximum Gasteiger partial charge on any atom is 0.262 e. The van der Waals surface area contributed by atoms with Crippen molar-refractivity contribution < 1.29 is 14.1 Å². The Hall–Kier alpha value is -4.14. The van der Waals surface area contributed by atoms with Crippen LogP contribution in [0.15, 0.2) is 71.9 Å². The van der Waals surface area contributed by atoms with E-state index < -0.39 is 0 Å². The number of likely N-dealkylation sites (tertiary alicyclic amines) is 1. The fourth-order valence-corrected chi connectivity index (χ4v) is 3.28. The number of pyridine rings is 1. The molecule has 154 valence electrons. The smallest absolute Gasteiger partial charge is 0.262 e. The standard InChI is InChI=1S/C22H18N6O3/c29-20(10-15-4-3-7-23-11-15)28-13-16(14-28)30-19-6-2-1-5-17(19)22-26-21(27-31-22)18-12-24-8-9-25-18/h1-9,11-12,16H,10,13-14H2. The summed E-state index contributed by atoms with van der Waals surface area (Å²) in [6.45, 7) is 1.06. The zero-order valence-electron chi connectivity index (χ0n) is 16.5. The molecule has 9 heteroatoms. The first-order valence-electron chi connectivity index (χ1n) is 9.79. The second-order valence-electron chi connectivity index (χ2n) is 7.09. The summed E-state index contributed by atoms with van der Waals surface area (Å²) in [5.74, 6) is 1.38. The highest BCUT2D eigenvalue weighted by atomic mass is 16.5. The van der Waals surface area contributed by atoms with Crippen LogP contribution in [0.5, 0.6) is 5.75 Å². The Balaban J connectivity index is 1.24. The van der Waals surface area contributed by atoms with Gasteiger partial charge in [-0.1, -0.05) is 23.4 Å². The van der Waals surface area contributed by atoms with Crippen LogP contribution in [0.25, 0.3) is 23.0 Å². The Labute approximate surface area is 177 Å². The fraction of sp³-hybridized carbons (Fsp3) is 0.182. The Kier molecular flexibility index (Phi) is 5.05. The van der Waals surface area contributed by atoms with Crippen molar-refractivity contribution in [1.82, 2.24) is 30.0 Å². The minimum absolute atomic E-state index is 0.0617. The third-order valence-corrected chi connectivity index (χ3v) is 4.91. The van der Waals surface area contributed by atoms with Crippen LogP contribution in [-0.4, -0.2) is 55.1 Å². The van der Waals surface area contributed by atoms with E-state index in [4.69, 9.17) is 9.26 Å². The lowest BCUT2D eigenvalue weighted by atomic mass is 10.1. The molecule has 0 bridgehead atoms. The number of aromatic nitrogens is 5. The molecular formula is C22H18N6O3. The number of hydrogen-bond donors (Lipinski definition) is 0. The summed E-state index contributed by atoms with van der Waals surface area (Å²) in [6, 6.07) is 11.2. The molecule has 1 aromatic carbocycles. The van der Waals surface area contributed by atoms with Crippen molar-refractivity contribution in [1.29, 1.82) is 0 Å². The van der Waals surface area contributed by atoms with E-state index in [9.17, 15) is 4.79 Å². The van der Waals surface area contributed by atoms with E-state index in [0.717, 1.165) is 5.56 Å². The third-order valence-electron chi connectivity index (χ3n) is 4.91. The lowest BCUT2D eigenvalue weighted by Gasteiger charge is -2.39. The predicted molar refractivity (Wildman–Crippen MR) is 110 cm³/mol. The van der Waals surface area contributed by atoms with Crippen LogP contribution in [0.1, 0.15) is 5.56 Å². The van der Waals surface area contributed by atoms with E-state index in [-0.39, 0.29) is 12.0 Å². The van der Waals surface area contributed by atoms with Gasteiger partial charge in [0.2, 0.25) is 11.7 Å². The quantitative estimate of drug-likeness (QED) is 0.473. The molecular weight excluding hydrogens is 396 g/mol. The van der Waals surface area contributed by atoms with Crippen molar-refractivity contribution in [2.45, 2.75) is 12.5 Å². The molecule has 0 N–H and O–H groups in total. The maximum atomic E-state index is 12.4. The molecule has 1 saturated heterocycles. The van der Waals surface area contributed by atoms with Gasteiger partial charge in [-0.3, -0.25) is 14.8 Å². The number of hydrogen-bond acceptors (Lipinski definition) is 8. The zero-order valence-corrected chi connectivity index (χ0v) is 16.5. The molecule has 0 saturated carbocycles. The molecule has 4 aromatic rings. The van der Waals surface area contributed by atoms with Gasteiger partial charge in [-0.15, -0.1) is 0 Å². The number of ether oxygens (including phenoxy) is 1. The van der Waals surface area contributed by atoms with Crippen molar-refractivity contribution in [3.05, 3.63) is 72.9 Å². The second-order valence-corrected chi connectivity index (χ2v) is 7.09.